The van der Waals surface area contributed by atoms with Crippen LogP contribution >= 0.6 is 0 Å². The van der Waals surface area contributed by atoms with Crippen molar-refractivity contribution in [2.24, 2.45) is 5.73 Å². The highest BCUT2D eigenvalue weighted by Gasteiger charge is 2.25. The van der Waals surface area contributed by atoms with Gasteiger partial charge in [0.05, 0.1) is 6.04 Å². The minimum Gasteiger partial charge on any atom is -0.490 e. The van der Waals surface area contributed by atoms with Gasteiger partial charge in [-0.2, -0.15) is 0 Å². The van der Waals surface area contributed by atoms with Crippen molar-refractivity contribution in [2.45, 2.75) is 18.5 Å². The van der Waals surface area contributed by atoms with Gasteiger partial charge in [-0.1, -0.05) is 36.4 Å². The lowest BCUT2D eigenvalue weighted by Gasteiger charge is -2.16. The molecule has 122 valence electrons. The van der Waals surface area contributed by atoms with Gasteiger partial charge in [0.15, 0.2) is 0 Å². The van der Waals surface area contributed by atoms with Gasteiger partial charge < -0.3 is 15.2 Å². The Morgan fingerprint density at radius 2 is 1.65 bits per heavy atom. The van der Waals surface area contributed by atoms with Crippen molar-refractivity contribution in [3.8, 4) is 11.5 Å². The second-order valence-electron chi connectivity index (χ2n) is 5.56. The van der Waals surface area contributed by atoms with E-state index in [4.69, 9.17) is 15.2 Å². The Kier molecular flexibility index (Phi) is 5.47. The predicted molar refractivity (Wildman–Crippen MR) is 90.3 cm³/mol. The highest BCUT2D eigenvalue weighted by atomic mass is 16.5. The lowest BCUT2D eigenvalue weighted by Crippen LogP contribution is -2.35. The van der Waals surface area contributed by atoms with Gasteiger partial charge in [0.25, 0.3) is 0 Å². The third kappa shape index (κ3) is 4.22. The molecule has 1 aliphatic heterocycles. The molecule has 0 aromatic heterocycles. The molecule has 4 N–H and O–H groups in total. The number of ether oxygens (including phenoxy) is 2. The van der Waals surface area contributed by atoms with Crippen molar-refractivity contribution in [3.63, 3.8) is 0 Å². The van der Waals surface area contributed by atoms with E-state index < -0.39 is 0 Å². The first kappa shape index (κ1) is 15.8. The molecule has 3 rings (SSSR count). The minimum atomic E-state index is 0.217. The average Bonchev–Trinajstić information content (AvgIpc) is 3.09. The van der Waals surface area contributed by atoms with Crippen LogP contribution in [0.5, 0.6) is 11.5 Å². The van der Waals surface area contributed by atoms with E-state index in [1.54, 1.807) is 0 Å². The second-order valence-corrected chi connectivity index (χ2v) is 5.56. The fraction of sp³-hybridized carbons (Fsp3) is 0.333. The van der Waals surface area contributed by atoms with E-state index in [1.807, 2.05) is 48.5 Å². The molecule has 2 atom stereocenters. The lowest BCUT2D eigenvalue weighted by atomic mass is 10.0. The molecule has 5 nitrogen and oxygen atoms in total. The predicted octanol–water partition coefficient (Wildman–Crippen LogP) is 2.01. The highest BCUT2D eigenvalue weighted by molar-refractivity contribution is 5.36. The smallest absolute Gasteiger partial charge is 0.124 e. The van der Waals surface area contributed by atoms with Crippen molar-refractivity contribution in [2.75, 3.05) is 19.8 Å². The van der Waals surface area contributed by atoms with E-state index in [0.29, 0.717) is 25.8 Å². The molecule has 0 spiro atoms. The fourth-order valence-corrected chi connectivity index (χ4v) is 2.71. The first-order chi connectivity index (χ1) is 11.4. The van der Waals surface area contributed by atoms with E-state index in [2.05, 4.69) is 16.9 Å². The molecular weight excluding hydrogens is 290 g/mol. The Morgan fingerprint density at radius 3 is 2.43 bits per heavy atom. The van der Waals surface area contributed by atoms with E-state index in [9.17, 15) is 0 Å². The molecule has 0 aliphatic carbocycles. The molecule has 2 unspecified atom stereocenters. The van der Waals surface area contributed by atoms with Crippen molar-refractivity contribution in [1.29, 1.82) is 0 Å². The molecule has 0 bridgehead atoms. The van der Waals surface area contributed by atoms with Gasteiger partial charge in [0.1, 0.15) is 24.7 Å². The quantitative estimate of drug-likeness (QED) is 0.682. The van der Waals surface area contributed by atoms with Crippen molar-refractivity contribution >= 4 is 0 Å². The lowest BCUT2D eigenvalue weighted by molar-refractivity contribution is 0.215. The summed E-state index contributed by atoms with van der Waals surface area (Å²) in [6, 6.07) is 18.4. The third-order valence-corrected chi connectivity index (χ3v) is 3.91. The number of rotatable bonds is 7. The van der Waals surface area contributed by atoms with E-state index in [-0.39, 0.29) is 6.04 Å². The van der Waals surface area contributed by atoms with Crippen LogP contribution in [0.15, 0.2) is 54.6 Å². The molecule has 23 heavy (non-hydrogen) atoms. The summed E-state index contributed by atoms with van der Waals surface area (Å²) >= 11 is 0. The van der Waals surface area contributed by atoms with Crippen molar-refractivity contribution in [1.82, 2.24) is 10.9 Å². The first-order valence-corrected chi connectivity index (χ1v) is 7.97. The number of nitrogens with one attached hydrogen (secondary N) is 2. The summed E-state index contributed by atoms with van der Waals surface area (Å²) in [6.07, 6.45) is 0.956. The normalized spacial score (nSPS) is 20.4. The van der Waals surface area contributed by atoms with Gasteiger partial charge in [0, 0.05) is 18.2 Å². The molecule has 0 amide bonds. The van der Waals surface area contributed by atoms with Gasteiger partial charge in [0.2, 0.25) is 0 Å². The minimum absolute atomic E-state index is 0.217. The van der Waals surface area contributed by atoms with Crippen LogP contribution in [0.25, 0.3) is 0 Å². The zero-order valence-electron chi connectivity index (χ0n) is 13.1. The van der Waals surface area contributed by atoms with Gasteiger partial charge in [-0.3, -0.25) is 5.43 Å². The van der Waals surface area contributed by atoms with Crippen LogP contribution in [-0.4, -0.2) is 25.8 Å². The molecule has 0 saturated carbocycles. The Bertz CT molecular complexity index is 606. The van der Waals surface area contributed by atoms with Crippen LogP contribution in [-0.2, 0) is 0 Å². The zero-order chi connectivity index (χ0) is 15.9. The number of hydrogen-bond acceptors (Lipinski definition) is 5. The van der Waals surface area contributed by atoms with Gasteiger partial charge >= 0.3 is 0 Å². The Hall–Kier alpha value is -2.08. The molecular formula is C18H23N3O2. The number of nitrogens with two attached hydrogens (primary N) is 1. The molecule has 5 heteroatoms. The summed E-state index contributed by atoms with van der Waals surface area (Å²) in [7, 11) is 0. The maximum Gasteiger partial charge on any atom is 0.124 e. The first-order valence-electron chi connectivity index (χ1n) is 7.97. The van der Waals surface area contributed by atoms with Crippen LogP contribution in [0, 0.1) is 0 Å². The molecule has 1 fully saturated rings. The van der Waals surface area contributed by atoms with Crippen molar-refractivity contribution in [3.05, 3.63) is 60.2 Å². The summed E-state index contributed by atoms with van der Waals surface area (Å²) in [4.78, 5) is 0. The SMILES string of the molecule is NCC1CC(c2ccccc2OCCOc2ccccc2)NN1. The maximum absolute atomic E-state index is 5.92. The van der Waals surface area contributed by atoms with Gasteiger partial charge in [-0.25, -0.2) is 5.43 Å². The molecule has 1 aliphatic rings. The zero-order valence-corrected chi connectivity index (χ0v) is 13.1. The number of hydrazine groups is 1. The summed E-state index contributed by atoms with van der Waals surface area (Å²) in [5.74, 6) is 1.75. The fourth-order valence-electron chi connectivity index (χ4n) is 2.71. The largest absolute Gasteiger partial charge is 0.490 e. The van der Waals surface area contributed by atoms with E-state index in [1.165, 1.54) is 0 Å². The molecule has 2 aromatic carbocycles. The Morgan fingerprint density at radius 1 is 0.913 bits per heavy atom. The number of para-hydroxylation sites is 2. The van der Waals surface area contributed by atoms with Crippen LogP contribution in [0.1, 0.15) is 18.0 Å². The summed E-state index contributed by atoms with van der Waals surface area (Å²) < 4.78 is 11.6. The second kappa shape index (κ2) is 7.97. The van der Waals surface area contributed by atoms with Crippen molar-refractivity contribution < 1.29 is 9.47 Å². The van der Waals surface area contributed by atoms with E-state index >= 15 is 0 Å². The van der Waals surface area contributed by atoms with E-state index in [0.717, 1.165) is 23.5 Å². The van der Waals surface area contributed by atoms with Gasteiger partial charge in [-0.15, -0.1) is 0 Å². The monoisotopic (exact) mass is 313 g/mol. The van der Waals surface area contributed by atoms with Crippen LogP contribution < -0.4 is 26.1 Å². The van der Waals surface area contributed by atoms with Gasteiger partial charge in [-0.05, 0) is 24.6 Å². The molecule has 1 heterocycles. The average molecular weight is 313 g/mol. The topological polar surface area (TPSA) is 68.5 Å². The van der Waals surface area contributed by atoms with Crippen LogP contribution in [0.3, 0.4) is 0 Å². The standard InChI is InChI=1S/C18H23N3O2/c19-13-14-12-17(21-20-14)16-8-4-5-9-18(16)23-11-10-22-15-6-2-1-3-7-15/h1-9,14,17,20-21H,10-13,19H2. The molecule has 0 radical (unpaired) electrons. The maximum atomic E-state index is 5.92. The number of benzene rings is 2. The summed E-state index contributed by atoms with van der Waals surface area (Å²) in [5.41, 5.74) is 13.4. The Labute approximate surface area is 136 Å². The third-order valence-electron chi connectivity index (χ3n) is 3.91. The summed E-state index contributed by atoms with van der Waals surface area (Å²) in [6.45, 7) is 1.64. The molecule has 1 saturated heterocycles. The van der Waals surface area contributed by atoms with Crippen LogP contribution in [0.2, 0.25) is 0 Å². The Balaban J connectivity index is 1.54. The van der Waals surface area contributed by atoms with Crippen LogP contribution in [0.4, 0.5) is 0 Å². The number of hydrogen-bond donors (Lipinski definition) is 3. The highest BCUT2D eigenvalue weighted by Crippen LogP contribution is 2.29. The molecule has 2 aromatic rings. The summed E-state index contributed by atoms with van der Waals surface area (Å²) in [5, 5.41) is 0.